The summed E-state index contributed by atoms with van der Waals surface area (Å²) in [4.78, 5) is 8.88. The molecule has 0 amide bonds. The second-order valence-corrected chi connectivity index (χ2v) is 5.74. The summed E-state index contributed by atoms with van der Waals surface area (Å²) < 4.78 is 5.38. The molecule has 0 fully saturated rings. The maximum Gasteiger partial charge on any atom is 0.261 e. The summed E-state index contributed by atoms with van der Waals surface area (Å²) in [7, 11) is 0. The highest BCUT2D eigenvalue weighted by molar-refractivity contribution is 7.16. The van der Waals surface area contributed by atoms with Gasteiger partial charge >= 0.3 is 0 Å². The van der Waals surface area contributed by atoms with Gasteiger partial charge in [0.15, 0.2) is 0 Å². The van der Waals surface area contributed by atoms with E-state index >= 15 is 0 Å². The topological polar surface area (TPSA) is 80.7 Å². The van der Waals surface area contributed by atoms with Crippen molar-refractivity contribution in [2.45, 2.75) is 19.3 Å². The number of fused-ring (bicyclic) bond motifs is 1. The number of anilines is 1. The Morgan fingerprint density at radius 1 is 1.37 bits per heavy atom. The van der Waals surface area contributed by atoms with Gasteiger partial charge in [-0.05, 0) is 37.0 Å². The Hall–Kier alpha value is -2.08. The molecule has 0 aliphatic heterocycles. The molecule has 3 aromatic heterocycles. The van der Waals surface area contributed by atoms with Gasteiger partial charge < -0.3 is 15.2 Å². The van der Waals surface area contributed by atoms with E-state index in [2.05, 4.69) is 15.1 Å². The number of thiophene rings is 1. The van der Waals surface area contributed by atoms with Gasteiger partial charge in [-0.3, -0.25) is 0 Å². The van der Waals surface area contributed by atoms with Crippen LogP contribution in [0.15, 0.2) is 22.9 Å². The Kier molecular flexibility index (Phi) is 2.25. The second-order valence-electron chi connectivity index (χ2n) is 4.60. The van der Waals surface area contributed by atoms with E-state index in [0.29, 0.717) is 11.7 Å². The smallest absolute Gasteiger partial charge is 0.261 e. The summed E-state index contributed by atoms with van der Waals surface area (Å²) in [5, 5.41) is 4.80. The molecule has 0 bridgehead atoms. The van der Waals surface area contributed by atoms with Crippen LogP contribution in [0.25, 0.3) is 23.0 Å². The minimum absolute atomic E-state index is 0.529. The van der Waals surface area contributed by atoms with Gasteiger partial charge in [-0.25, -0.2) is 0 Å². The zero-order valence-corrected chi connectivity index (χ0v) is 11.0. The van der Waals surface area contributed by atoms with E-state index < -0.39 is 0 Å². The van der Waals surface area contributed by atoms with Crippen LogP contribution in [-0.2, 0) is 12.8 Å². The van der Waals surface area contributed by atoms with Crippen molar-refractivity contribution < 1.29 is 4.52 Å². The highest BCUT2D eigenvalue weighted by atomic mass is 32.1. The fourth-order valence-corrected chi connectivity index (χ4v) is 3.72. The van der Waals surface area contributed by atoms with Crippen LogP contribution in [0.1, 0.15) is 16.9 Å². The summed E-state index contributed by atoms with van der Waals surface area (Å²) in [6, 6.07) is 3.82. The summed E-state index contributed by atoms with van der Waals surface area (Å²) in [6.45, 7) is 0. The molecule has 0 radical (unpaired) electrons. The van der Waals surface area contributed by atoms with Crippen LogP contribution in [0.5, 0.6) is 0 Å². The van der Waals surface area contributed by atoms with Crippen LogP contribution in [0.3, 0.4) is 0 Å². The Labute approximate surface area is 113 Å². The molecule has 96 valence electrons. The molecule has 0 spiro atoms. The van der Waals surface area contributed by atoms with Gasteiger partial charge in [0.2, 0.25) is 5.82 Å². The van der Waals surface area contributed by atoms with Gasteiger partial charge in [-0.15, -0.1) is 11.3 Å². The van der Waals surface area contributed by atoms with Crippen LogP contribution < -0.4 is 5.73 Å². The third kappa shape index (κ3) is 1.60. The van der Waals surface area contributed by atoms with E-state index in [1.807, 2.05) is 18.3 Å². The van der Waals surface area contributed by atoms with E-state index in [1.165, 1.54) is 16.9 Å². The molecular weight excluding hydrogens is 260 g/mol. The van der Waals surface area contributed by atoms with Crippen molar-refractivity contribution in [3.8, 4) is 23.0 Å². The van der Waals surface area contributed by atoms with Gasteiger partial charge in [0.25, 0.3) is 5.89 Å². The molecule has 19 heavy (non-hydrogen) atoms. The number of aryl methyl sites for hydroxylation is 1. The van der Waals surface area contributed by atoms with E-state index in [9.17, 15) is 0 Å². The SMILES string of the molecule is Nc1sc2c(c1-c1nc(-c3ccc[nH]3)no1)CCC2. The Morgan fingerprint density at radius 2 is 2.32 bits per heavy atom. The first-order valence-electron chi connectivity index (χ1n) is 6.21. The van der Waals surface area contributed by atoms with Crippen molar-refractivity contribution in [2.24, 2.45) is 0 Å². The summed E-state index contributed by atoms with van der Waals surface area (Å²) in [6.07, 6.45) is 5.19. The highest BCUT2D eigenvalue weighted by Crippen LogP contribution is 2.42. The zero-order valence-electron chi connectivity index (χ0n) is 10.1. The Bertz CT molecular complexity index is 726. The molecule has 3 N–H and O–H groups in total. The lowest BCUT2D eigenvalue weighted by molar-refractivity contribution is 0.432. The van der Waals surface area contributed by atoms with Gasteiger partial charge in [0, 0.05) is 11.1 Å². The van der Waals surface area contributed by atoms with Crippen molar-refractivity contribution in [3.63, 3.8) is 0 Å². The largest absolute Gasteiger partial charge is 0.390 e. The molecule has 1 aliphatic rings. The van der Waals surface area contributed by atoms with Crippen LogP contribution in [-0.4, -0.2) is 15.1 Å². The van der Waals surface area contributed by atoms with Crippen molar-refractivity contribution in [2.75, 3.05) is 5.73 Å². The average molecular weight is 272 g/mol. The molecule has 1 aliphatic carbocycles. The lowest BCUT2D eigenvalue weighted by Crippen LogP contribution is -1.88. The monoisotopic (exact) mass is 272 g/mol. The first kappa shape index (κ1) is 10.8. The molecule has 3 aromatic rings. The van der Waals surface area contributed by atoms with E-state index in [0.717, 1.165) is 29.1 Å². The molecule has 0 unspecified atom stereocenters. The maximum absolute atomic E-state index is 6.09. The van der Waals surface area contributed by atoms with E-state index in [1.54, 1.807) is 11.3 Å². The third-order valence-corrected chi connectivity index (χ3v) is 4.55. The van der Waals surface area contributed by atoms with Crippen molar-refractivity contribution in [1.29, 1.82) is 0 Å². The number of nitrogens with zero attached hydrogens (tertiary/aromatic N) is 2. The van der Waals surface area contributed by atoms with Gasteiger partial charge in [0.1, 0.15) is 0 Å². The minimum Gasteiger partial charge on any atom is -0.390 e. The second kappa shape index (κ2) is 3.96. The first-order chi connectivity index (χ1) is 9.33. The van der Waals surface area contributed by atoms with Crippen molar-refractivity contribution in [1.82, 2.24) is 15.1 Å². The number of nitrogen functional groups attached to an aromatic ring is 1. The van der Waals surface area contributed by atoms with Crippen molar-refractivity contribution >= 4 is 16.3 Å². The number of aromatic amines is 1. The Morgan fingerprint density at radius 3 is 3.16 bits per heavy atom. The molecule has 4 rings (SSSR count). The normalized spacial score (nSPS) is 13.9. The standard InChI is InChI=1S/C13H12N4OS/c14-11-10(7-3-1-5-9(7)19-11)13-16-12(17-18-13)8-4-2-6-15-8/h2,4,6,15H,1,3,5,14H2. The molecule has 0 aromatic carbocycles. The van der Waals surface area contributed by atoms with Gasteiger partial charge in [0.05, 0.1) is 16.3 Å². The number of nitrogens with two attached hydrogens (primary N) is 1. The summed E-state index contributed by atoms with van der Waals surface area (Å²) in [5.74, 6) is 1.10. The lowest BCUT2D eigenvalue weighted by Gasteiger charge is -1.96. The molecule has 0 atom stereocenters. The average Bonchev–Trinajstić information content (AvgIpc) is 3.11. The maximum atomic E-state index is 6.09. The number of rotatable bonds is 2. The summed E-state index contributed by atoms with van der Waals surface area (Å²) in [5.41, 5.74) is 9.18. The lowest BCUT2D eigenvalue weighted by atomic mass is 10.1. The predicted octanol–water partition coefficient (Wildman–Crippen LogP) is 2.86. The fourth-order valence-electron chi connectivity index (χ4n) is 2.56. The minimum atomic E-state index is 0.529. The van der Waals surface area contributed by atoms with Crippen LogP contribution in [0, 0.1) is 0 Å². The number of hydrogen-bond acceptors (Lipinski definition) is 5. The molecule has 3 heterocycles. The highest BCUT2D eigenvalue weighted by Gasteiger charge is 2.25. The fraction of sp³-hybridized carbons (Fsp3) is 0.231. The number of aromatic nitrogens is 3. The summed E-state index contributed by atoms with van der Waals surface area (Å²) >= 11 is 1.65. The Balaban J connectivity index is 1.82. The number of hydrogen-bond donors (Lipinski definition) is 2. The predicted molar refractivity (Wildman–Crippen MR) is 73.8 cm³/mol. The van der Waals surface area contributed by atoms with Crippen LogP contribution in [0.4, 0.5) is 5.00 Å². The van der Waals surface area contributed by atoms with E-state index in [4.69, 9.17) is 10.3 Å². The molecule has 0 saturated carbocycles. The van der Waals surface area contributed by atoms with E-state index in [-0.39, 0.29) is 0 Å². The number of nitrogens with one attached hydrogen (secondary N) is 1. The quantitative estimate of drug-likeness (QED) is 0.751. The van der Waals surface area contributed by atoms with Crippen LogP contribution >= 0.6 is 11.3 Å². The zero-order chi connectivity index (χ0) is 12.8. The van der Waals surface area contributed by atoms with Crippen molar-refractivity contribution in [3.05, 3.63) is 28.8 Å². The van der Waals surface area contributed by atoms with Gasteiger partial charge in [-0.2, -0.15) is 4.98 Å². The first-order valence-corrected chi connectivity index (χ1v) is 7.02. The third-order valence-electron chi connectivity index (χ3n) is 3.43. The molecular formula is C13H12N4OS. The van der Waals surface area contributed by atoms with Gasteiger partial charge in [-0.1, -0.05) is 5.16 Å². The molecule has 5 nitrogen and oxygen atoms in total. The number of H-pyrrole nitrogens is 1. The molecule has 0 saturated heterocycles. The van der Waals surface area contributed by atoms with Crippen LogP contribution in [0.2, 0.25) is 0 Å². The molecule has 6 heteroatoms.